The van der Waals surface area contributed by atoms with Crippen LogP contribution in [-0.4, -0.2) is 59.4 Å². The first-order chi connectivity index (χ1) is 9.45. The number of likely N-dealkylation sites (tertiary alicyclic amines) is 1. The van der Waals surface area contributed by atoms with Crippen molar-refractivity contribution in [1.82, 2.24) is 4.90 Å². The van der Waals surface area contributed by atoms with Gasteiger partial charge < -0.3 is 19.5 Å². The summed E-state index contributed by atoms with van der Waals surface area (Å²) in [5.74, 6) is -1.19. The third-order valence-electron chi connectivity index (χ3n) is 4.27. The lowest BCUT2D eigenvalue weighted by atomic mass is 9.99. The molecule has 2 aliphatic heterocycles. The Morgan fingerprint density at radius 3 is 2.85 bits per heavy atom. The van der Waals surface area contributed by atoms with Crippen molar-refractivity contribution in [2.75, 3.05) is 19.8 Å². The largest absolute Gasteiger partial charge is 0.480 e. The van der Waals surface area contributed by atoms with E-state index >= 15 is 0 Å². The predicted molar refractivity (Wildman–Crippen MR) is 71.4 cm³/mol. The van der Waals surface area contributed by atoms with Gasteiger partial charge in [0.1, 0.15) is 11.6 Å². The Bertz CT molecular complexity index is 380. The summed E-state index contributed by atoms with van der Waals surface area (Å²) in [5, 5.41) is 9.32. The topological polar surface area (TPSA) is 76.1 Å². The predicted octanol–water partition coefficient (Wildman–Crippen LogP) is 1.04. The Balaban J connectivity index is 1.90. The Kier molecular flexibility index (Phi) is 4.65. The van der Waals surface area contributed by atoms with Gasteiger partial charge in [-0.2, -0.15) is 0 Å². The summed E-state index contributed by atoms with van der Waals surface area (Å²) in [5.41, 5.74) is -1.10. The van der Waals surface area contributed by atoms with Gasteiger partial charge in [-0.25, -0.2) is 4.79 Å². The SMILES string of the molecule is C[C@H](OC[C@H]1CCCO1)C(=O)N1CCC[C@]1(C)C(=O)O. The Labute approximate surface area is 119 Å². The highest BCUT2D eigenvalue weighted by molar-refractivity contribution is 5.89. The van der Waals surface area contributed by atoms with Crippen molar-refractivity contribution in [3.63, 3.8) is 0 Å². The maximum absolute atomic E-state index is 12.4. The summed E-state index contributed by atoms with van der Waals surface area (Å²) in [7, 11) is 0. The van der Waals surface area contributed by atoms with Gasteiger partial charge in [0.05, 0.1) is 12.7 Å². The highest BCUT2D eigenvalue weighted by Gasteiger charge is 2.47. The van der Waals surface area contributed by atoms with Crippen molar-refractivity contribution in [3.05, 3.63) is 0 Å². The molecule has 0 aliphatic carbocycles. The second-order valence-electron chi connectivity index (χ2n) is 5.78. The van der Waals surface area contributed by atoms with Gasteiger partial charge in [-0.1, -0.05) is 0 Å². The maximum Gasteiger partial charge on any atom is 0.329 e. The van der Waals surface area contributed by atoms with Crippen LogP contribution in [0.5, 0.6) is 0 Å². The normalized spacial score (nSPS) is 31.5. The molecular weight excluding hydrogens is 262 g/mol. The number of nitrogens with zero attached hydrogens (tertiary/aromatic N) is 1. The van der Waals surface area contributed by atoms with Crippen LogP contribution in [-0.2, 0) is 19.1 Å². The first-order valence-electron chi connectivity index (χ1n) is 7.23. The summed E-state index contributed by atoms with van der Waals surface area (Å²) in [6.45, 7) is 4.91. The number of carbonyl (C=O) groups is 2. The molecule has 2 rings (SSSR count). The molecule has 0 saturated carbocycles. The number of carboxylic acid groups (broad SMARTS) is 1. The number of hydrogen-bond donors (Lipinski definition) is 1. The van der Waals surface area contributed by atoms with E-state index in [1.54, 1.807) is 13.8 Å². The van der Waals surface area contributed by atoms with Crippen LogP contribution in [0.15, 0.2) is 0 Å². The van der Waals surface area contributed by atoms with E-state index in [4.69, 9.17) is 9.47 Å². The van der Waals surface area contributed by atoms with Crippen LogP contribution >= 0.6 is 0 Å². The number of aliphatic carboxylic acids is 1. The average Bonchev–Trinajstić information content (AvgIpc) is 3.05. The first kappa shape index (κ1) is 15.3. The van der Waals surface area contributed by atoms with Gasteiger partial charge in [-0.3, -0.25) is 4.79 Å². The molecule has 0 aromatic carbocycles. The molecule has 1 N–H and O–H groups in total. The van der Waals surface area contributed by atoms with E-state index in [-0.39, 0.29) is 12.0 Å². The minimum Gasteiger partial charge on any atom is -0.480 e. The molecule has 2 aliphatic rings. The number of carbonyl (C=O) groups excluding carboxylic acids is 1. The van der Waals surface area contributed by atoms with Crippen LogP contribution in [0.3, 0.4) is 0 Å². The zero-order chi connectivity index (χ0) is 14.8. The minimum atomic E-state index is -1.10. The fourth-order valence-corrected chi connectivity index (χ4v) is 2.86. The molecular formula is C14H23NO5. The fraction of sp³-hybridized carbons (Fsp3) is 0.857. The van der Waals surface area contributed by atoms with E-state index in [0.29, 0.717) is 26.0 Å². The summed E-state index contributed by atoms with van der Waals surface area (Å²) in [6.07, 6.45) is 2.63. The van der Waals surface area contributed by atoms with Crippen molar-refractivity contribution in [2.24, 2.45) is 0 Å². The van der Waals surface area contributed by atoms with Crippen molar-refractivity contribution < 1.29 is 24.2 Å². The molecule has 20 heavy (non-hydrogen) atoms. The molecule has 0 unspecified atom stereocenters. The standard InChI is InChI=1S/C14H23NO5/c1-10(20-9-11-5-3-8-19-11)12(16)15-7-4-6-14(15,2)13(17)18/h10-11H,3-9H2,1-2H3,(H,17,18)/t10-,11+,14+/m0/s1. The van der Waals surface area contributed by atoms with Gasteiger partial charge in [-0.15, -0.1) is 0 Å². The van der Waals surface area contributed by atoms with Crippen LogP contribution in [0.1, 0.15) is 39.5 Å². The highest BCUT2D eigenvalue weighted by Crippen LogP contribution is 2.30. The molecule has 2 heterocycles. The highest BCUT2D eigenvalue weighted by atomic mass is 16.5. The lowest BCUT2D eigenvalue weighted by Gasteiger charge is -2.33. The lowest BCUT2D eigenvalue weighted by molar-refractivity contribution is -0.161. The van der Waals surface area contributed by atoms with Gasteiger partial charge in [0, 0.05) is 13.2 Å². The molecule has 114 valence electrons. The molecule has 2 saturated heterocycles. The number of carboxylic acids is 1. The molecule has 0 bridgehead atoms. The van der Waals surface area contributed by atoms with Crippen LogP contribution in [0.25, 0.3) is 0 Å². The van der Waals surface area contributed by atoms with Crippen molar-refractivity contribution in [2.45, 2.75) is 57.3 Å². The third kappa shape index (κ3) is 2.96. The molecule has 3 atom stereocenters. The molecule has 0 spiro atoms. The Morgan fingerprint density at radius 2 is 2.25 bits per heavy atom. The van der Waals surface area contributed by atoms with E-state index in [1.165, 1.54) is 4.90 Å². The van der Waals surface area contributed by atoms with Gasteiger partial charge in [0.25, 0.3) is 5.91 Å². The molecule has 0 aromatic rings. The average molecular weight is 285 g/mol. The van der Waals surface area contributed by atoms with Crippen molar-refractivity contribution in [1.29, 1.82) is 0 Å². The van der Waals surface area contributed by atoms with Crippen molar-refractivity contribution in [3.8, 4) is 0 Å². The second-order valence-corrected chi connectivity index (χ2v) is 5.78. The van der Waals surface area contributed by atoms with E-state index in [2.05, 4.69) is 0 Å². The molecule has 0 aromatic heterocycles. The zero-order valence-corrected chi connectivity index (χ0v) is 12.1. The summed E-state index contributed by atoms with van der Waals surface area (Å²) in [6, 6.07) is 0. The van der Waals surface area contributed by atoms with Gasteiger partial charge in [0.15, 0.2) is 0 Å². The van der Waals surface area contributed by atoms with Gasteiger partial charge in [0.2, 0.25) is 0 Å². The molecule has 6 heteroatoms. The molecule has 1 amide bonds. The Morgan fingerprint density at radius 1 is 1.50 bits per heavy atom. The lowest BCUT2D eigenvalue weighted by Crippen LogP contribution is -2.53. The van der Waals surface area contributed by atoms with E-state index in [9.17, 15) is 14.7 Å². The van der Waals surface area contributed by atoms with Crippen molar-refractivity contribution >= 4 is 11.9 Å². The molecule has 0 radical (unpaired) electrons. The number of rotatable bonds is 5. The number of ether oxygens (including phenoxy) is 2. The van der Waals surface area contributed by atoms with Gasteiger partial charge in [-0.05, 0) is 39.5 Å². The van der Waals surface area contributed by atoms with Crippen LogP contribution in [0.2, 0.25) is 0 Å². The first-order valence-corrected chi connectivity index (χ1v) is 7.23. The summed E-state index contributed by atoms with van der Waals surface area (Å²) in [4.78, 5) is 25.2. The monoisotopic (exact) mass is 285 g/mol. The van der Waals surface area contributed by atoms with E-state index in [1.807, 2.05) is 0 Å². The van der Waals surface area contributed by atoms with E-state index in [0.717, 1.165) is 19.4 Å². The quantitative estimate of drug-likeness (QED) is 0.816. The number of hydrogen-bond acceptors (Lipinski definition) is 4. The van der Waals surface area contributed by atoms with E-state index < -0.39 is 17.6 Å². The minimum absolute atomic E-state index is 0.0645. The number of amides is 1. The third-order valence-corrected chi connectivity index (χ3v) is 4.27. The molecule has 2 fully saturated rings. The zero-order valence-electron chi connectivity index (χ0n) is 12.1. The van der Waals surface area contributed by atoms with Crippen LogP contribution in [0, 0.1) is 0 Å². The molecule has 6 nitrogen and oxygen atoms in total. The maximum atomic E-state index is 12.4. The Hall–Kier alpha value is -1.14. The van der Waals surface area contributed by atoms with Crippen LogP contribution in [0.4, 0.5) is 0 Å². The fourth-order valence-electron chi connectivity index (χ4n) is 2.86. The summed E-state index contributed by atoms with van der Waals surface area (Å²) < 4.78 is 11.0. The summed E-state index contributed by atoms with van der Waals surface area (Å²) >= 11 is 0. The smallest absolute Gasteiger partial charge is 0.329 e. The van der Waals surface area contributed by atoms with Gasteiger partial charge >= 0.3 is 5.97 Å². The second kappa shape index (κ2) is 6.10. The van der Waals surface area contributed by atoms with Crippen LogP contribution < -0.4 is 0 Å².